The number of aromatic nitrogens is 1. The van der Waals surface area contributed by atoms with E-state index in [0.717, 1.165) is 16.5 Å². The van der Waals surface area contributed by atoms with Gasteiger partial charge in [0.1, 0.15) is 0 Å². The topological polar surface area (TPSA) is 40.5 Å². The first-order valence-corrected chi connectivity index (χ1v) is 6.84. The molecular formula is C13H17NO3S. The lowest BCUT2D eigenvalue weighted by atomic mass is 10.3. The van der Waals surface area contributed by atoms with E-state index in [9.17, 15) is 4.79 Å². The first-order valence-electron chi connectivity index (χ1n) is 5.96. The lowest BCUT2D eigenvalue weighted by Crippen LogP contribution is -2.21. The van der Waals surface area contributed by atoms with Crippen molar-refractivity contribution >= 4 is 21.4 Å². The summed E-state index contributed by atoms with van der Waals surface area (Å²) in [5, 5.41) is 2.74. The Hall–Kier alpha value is -1.17. The maximum absolute atomic E-state index is 12.0. The number of methoxy groups -OCH3 is 1. The second kappa shape index (κ2) is 6.68. The van der Waals surface area contributed by atoms with Crippen molar-refractivity contribution in [2.24, 2.45) is 0 Å². The van der Waals surface area contributed by atoms with Crippen LogP contribution in [0.25, 0.3) is 10.1 Å². The van der Waals surface area contributed by atoms with Crippen LogP contribution in [0.2, 0.25) is 0 Å². The third kappa shape index (κ3) is 3.19. The molecule has 2 rings (SSSR count). The van der Waals surface area contributed by atoms with E-state index in [-0.39, 0.29) is 5.56 Å². The Bertz CT molecular complexity index is 546. The van der Waals surface area contributed by atoms with E-state index in [1.54, 1.807) is 23.0 Å². The molecule has 0 saturated heterocycles. The van der Waals surface area contributed by atoms with Crippen LogP contribution in [-0.2, 0) is 16.0 Å². The van der Waals surface area contributed by atoms with E-state index in [1.807, 2.05) is 23.7 Å². The number of hydrogen-bond acceptors (Lipinski definition) is 4. The summed E-state index contributed by atoms with van der Waals surface area (Å²) < 4.78 is 13.1. The van der Waals surface area contributed by atoms with Gasteiger partial charge in [-0.15, -0.1) is 11.3 Å². The van der Waals surface area contributed by atoms with Gasteiger partial charge >= 0.3 is 0 Å². The molecule has 0 aromatic carbocycles. The molecule has 2 heterocycles. The number of thiophene rings is 1. The summed E-state index contributed by atoms with van der Waals surface area (Å²) in [5.74, 6) is 0. The molecule has 98 valence electrons. The normalized spacial score (nSPS) is 11.2. The van der Waals surface area contributed by atoms with Gasteiger partial charge in [0.15, 0.2) is 0 Å². The Balaban J connectivity index is 1.88. The Kier molecular flexibility index (Phi) is 4.92. The molecule has 0 bridgehead atoms. The molecule has 2 aromatic heterocycles. The molecule has 0 aliphatic heterocycles. The summed E-state index contributed by atoms with van der Waals surface area (Å²) in [6, 6.07) is 3.85. The minimum Gasteiger partial charge on any atom is -0.385 e. The van der Waals surface area contributed by atoms with E-state index in [2.05, 4.69) is 0 Å². The number of hydrogen-bond donors (Lipinski definition) is 0. The zero-order chi connectivity index (χ0) is 12.8. The van der Waals surface area contributed by atoms with E-state index >= 15 is 0 Å². The fraction of sp³-hybridized carbons (Fsp3) is 0.462. The molecule has 0 unspecified atom stereocenters. The van der Waals surface area contributed by atoms with Crippen molar-refractivity contribution in [2.75, 3.05) is 26.9 Å². The predicted molar refractivity (Wildman–Crippen MR) is 73.4 cm³/mol. The zero-order valence-electron chi connectivity index (χ0n) is 10.4. The largest absolute Gasteiger partial charge is 0.385 e. The zero-order valence-corrected chi connectivity index (χ0v) is 11.2. The Morgan fingerprint density at radius 3 is 3.00 bits per heavy atom. The first-order chi connectivity index (χ1) is 8.83. The van der Waals surface area contributed by atoms with Crippen LogP contribution in [0.15, 0.2) is 28.5 Å². The van der Waals surface area contributed by atoms with Crippen molar-refractivity contribution in [3.63, 3.8) is 0 Å². The van der Waals surface area contributed by atoms with E-state index in [4.69, 9.17) is 9.47 Å². The highest BCUT2D eigenvalue weighted by Crippen LogP contribution is 2.15. The molecule has 0 aliphatic carbocycles. The second-order valence-corrected chi connectivity index (χ2v) is 4.92. The van der Waals surface area contributed by atoms with Crippen LogP contribution in [0.1, 0.15) is 6.42 Å². The highest BCUT2D eigenvalue weighted by atomic mass is 32.1. The van der Waals surface area contributed by atoms with E-state index in [1.165, 1.54) is 0 Å². The Morgan fingerprint density at radius 2 is 2.17 bits per heavy atom. The molecule has 0 N–H and O–H groups in total. The first kappa shape index (κ1) is 13.3. The fourth-order valence-electron chi connectivity index (χ4n) is 1.75. The van der Waals surface area contributed by atoms with Gasteiger partial charge in [-0.1, -0.05) is 0 Å². The molecule has 0 atom stereocenters. The van der Waals surface area contributed by atoms with Crippen LogP contribution >= 0.6 is 11.3 Å². The second-order valence-electron chi connectivity index (χ2n) is 3.97. The molecule has 4 nitrogen and oxygen atoms in total. The van der Waals surface area contributed by atoms with Crippen molar-refractivity contribution in [2.45, 2.75) is 13.0 Å². The number of nitrogens with zero attached hydrogens (tertiary/aromatic N) is 1. The molecular weight excluding hydrogens is 250 g/mol. The van der Waals surface area contributed by atoms with Gasteiger partial charge in [-0.05, 0) is 23.9 Å². The average Bonchev–Trinajstić information content (AvgIpc) is 2.85. The maximum Gasteiger partial charge on any atom is 0.259 e. The molecule has 18 heavy (non-hydrogen) atoms. The van der Waals surface area contributed by atoms with Gasteiger partial charge in [0.25, 0.3) is 5.56 Å². The summed E-state index contributed by atoms with van der Waals surface area (Å²) in [6.07, 6.45) is 2.72. The van der Waals surface area contributed by atoms with Gasteiger partial charge in [0.2, 0.25) is 0 Å². The summed E-state index contributed by atoms with van der Waals surface area (Å²) in [7, 11) is 1.68. The number of ether oxygens (including phenoxy) is 2. The van der Waals surface area contributed by atoms with Gasteiger partial charge in [0, 0.05) is 37.8 Å². The molecule has 2 aromatic rings. The number of rotatable bonds is 7. The molecule has 0 radical (unpaired) electrons. The van der Waals surface area contributed by atoms with Gasteiger partial charge in [-0.25, -0.2) is 0 Å². The van der Waals surface area contributed by atoms with E-state index in [0.29, 0.717) is 26.4 Å². The highest BCUT2D eigenvalue weighted by Gasteiger charge is 2.03. The Morgan fingerprint density at radius 1 is 1.28 bits per heavy atom. The van der Waals surface area contributed by atoms with Crippen LogP contribution in [0.5, 0.6) is 0 Å². The average molecular weight is 267 g/mol. The van der Waals surface area contributed by atoms with Crippen LogP contribution in [0.3, 0.4) is 0 Å². The number of fused-ring (bicyclic) bond motifs is 1. The van der Waals surface area contributed by atoms with Gasteiger partial charge < -0.3 is 14.0 Å². The molecule has 0 fully saturated rings. The van der Waals surface area contributed by atoms with Crippen LogP contribution in [-0.4, -0.2) is 31.5 Å². The summed E-state index contributed by atoms with van der Waals surface area (Å²) >= 11 is 1.59. The lowest BCUT2D eigenvalue weighted by molar-refractivity contribution is 0.0973. The quantitative estimate of drug-likeness (QED) is 0.721. The fourth-order valence-corrected chi connectivity index (χ4v) is 2.53. The van der Waals surface area contributed by atoms with Crippen molar-refractivity contribution in [3.8, 4) is 0 Å². The van der Waals surface area contributed by atoms with Crippen molar-refractivity contribution in [1.29, 1.82) is 0 Å². The molecule has 0 spiro atoms. The summed E-state index contributed by atoms with van der Waals surface area (Å²) in [4.78, 5) is 12.0. The van der Waals surface area contributed by atoms with Crippen LogP contribution in [0.4, 0.5) is 0 Å². The molecule has 0 aliphatic rings. The molecule has 0 amide bonds. The van der Waals surface area contributed by atoms with Gasteiger partial charge in [0.05, 0.1) is 12.0 Å². The van der Waals surface area contributed by atoms with Crippen molar-refractivity contribution < 1.29 is 9.47 Å². The van der Waals surface area contributed by atoms with Gasteiger partial charge in [-0.2, -0.15) is 0 Å². The van der Waals surface area contributed by atoms with E-state index < -0.39 is 0 Å². The highest BCUT2D eigenvalue weighted by molar-refractivity contribution is 7.17. The SMILES string of the molecule is COCCCOCCn1ccc2sccc2c1=O. The predicted octanol–water partition coefficient (Wildman–Crippen LogP) is 2.12. The monoisotopic (exact) mass is 267 g/mol. The third-order valence-corrected chi connectivity index (χ3v) is 3.59. The third-order valence-electron chi connectivity index (χ3n) is 2.71. The van der Waals surface area contributed by atoms with Crippen molar-refractivity contribution in [1.82, 2.24) is 4.57 Å². The minimum absolute atomic E-state index is 0.0641. The number of pyridine rings is 1. The summed E-state index contributed by atoms with van der Waals surface area (Å²) in [6.45, 7) is 2.53. The summed E-state index contributed by atoms with van der Waals surface area (Å²) in [5.41, 5.74) is 0.0641. The Labute approximate surface area is 110 Å². The van der Waals surface area contributed by atoms with Gasteiger partial charge in [-0.3, -0.25) is 4.79 Å². The van der Waals surface area contributed by atoms with Crippen LogP contribution in [0, 0.1) is 0 Å². The maximum atomic E-state index is 12.0. The lowest BCUT2D eigenvalue weighted by Gasteiger charge is -2.06. The standard InChI is InChI=1S/C13H17NO3S/c1-16-7-2-8-17-9-6-14-5-3-12-11(13(14)15)4-10-18-12/h3-5,10H,2,6-9H2,1H3. The molecule has 0 saturated carbocycles. The van der Waals surface area contributed by atoms with Crippen molar-refractivity contribution in [3.05, 3.63) is 34.1 Å². The van der Waals surface area contributed by atoms with Crippen LogP contribution < -0.4 is 5.56 Å². The molecule has 5 heteroatoms. The minimum atomic E-state index is 0.0641. The smallest absolute Gasteiger partial charge is 0.259 e.